The summed E-state index contributed by atoms with van der Waals surface area (Å²) in [5, 5.41) is 0. The Hall–Kier alpha value is -1.53. The third-order valence-corrected chi connectivity index (χ3v) is 3.82. The Kier molecular flexibility index (Phi) is 4.90. The highest BCUT2D eigenvalue weighted by molar-refractivity contribution is 9.10. The van der Waals surface area contributed by atoms with Crippen molar-refractivity contribution in [1.82, 2.24) is 0 Å². The zero-order chi connectivity index (χ0) is 15.6. The normalized spacial score (nSPS) is 10.5. The van der Waals surface area contributed by atoms with Crippen LogP contribution in [0.1, 0.15) is 11.1 Å². The molecular weight excluding hydrogens is 358 g/mol. The van der Waals surface area contributed by atoms with Crippen LogP contribution in [-0.4, -0.2) is 12.0 Å². The van der Waals surface area contributed by atoms with Crippen LogP contribution in [0.2, 0.25) is 0 Å². The number of hydrogen-bond donors (Lipinski definition) is 1. The number of thiocarbonyl (C=S) groups is 1. The predicted octanol–water partition coefficient (Wildman–Crippen LogP) is 4.00. The molecule has 0 unspecified atom stereocenters. The van der Waals surface area contributed by atoms with Gasteiger partial charge in [-0.25, -0.2) is 8.78 Å². The van der Waals surface area contributed by atoms with Crippen LogP contribution in [0.25, 0.3) is 0 Å². The number of hydrogen-bond acceptors (Lipinski definition) is 2. The van der Waals surface area contributed by atoms with Crippen molar-refractivity contribution in [2.45, 2.75) is 6.54 Å². The fourth-order valence-corrected chi connectivity index (χ4v) is 2.40. The van der Waals surface area contributed by atoms with Gasteiger partial charge in [-0.15, -0.1) is 0 Å². The van der Waals surface area contributed by atoms with Crippen molar-refractivity contribution >= 4 is 38.8 Å². The van der Waals surface area contributed by atoms with Gasteiger partial charge in [-0.2, -0.15) is 0 Å². The summed E-state index contributed by atoms with van der Waals surface area (Å²) in [4.78, 5) is 1.47. The number of nitrogens with two attached hydrogens (primary N) is 1. The molecule has 0 aliphatic heterocycles. The van der Waals surface area contributed by atoms with Crippen LogP contribution in [0.15, 0.2) is 40.9 Å². The topological polar surface area (TPSA) is 29.3 Å². The molecule has 0 amide bonds. The molecule has 6 heteroatoms. The van der Waals surface area contributed by atoms with Gasteiger partial charge in [0.2, 0.25) is 0 Å². The lowest BCUT2D eigenvalue weighted by Gasteiger charge is -2.21. The Morgan fingerprint density at radius 1 is 1.14 bits per heavy atom. The molecule has 0 atom stereocenters. The molecule has 0 saturated carbocycles. The fraction of sp³-hybridized carbons (Fsp3) is 0.133. The molecule has 0 radical (unpaired) electrons. The van der Waals surface area contributed by atoms with Crippen molar-refractivity contribution in [1.29, 1.82) is 0 Å². The van der Waals surface area contributed by atoms with Gasteiger partial charge in [0.1, 0.15) is 4.99 Å². The number of anilines is 1. The maximum Gasteiger partial charge on any atom is 0.182 e. The standard InChI is InChI=1S/C15H13BrF2N2S/c1-20(8-9-2-4-10(16)5-3-9)12-7-6-11(15(19)21)13(17)14(12)18/h2-7H,8H2,1H3,(H2,19,21). The molecule has 0 aliphatic carbocycles. The second-order valence-electron chi connectivity index (χ2n) is 4.61. The van der Waals surface area contributed by atoms with E-state index in [1.165, 1.54) is 12.1 Å². The van der Waals surface area contributed by atoms with Crippen molar-refractivity contribution in [3.05, 3.63) is 63.6 Å². The molecule has 0 spiro atoms. The van der Waals surface area contributed by atoms with Crippen LogP contribution in [0.3, 0.4) is 0 Å². The minimum absolute atomic E-state index is 0.0803. The molecule has 0 fully saturated rings. The lowest BCUT2D eigenvalue weighted by molar-refractivity contribution is 0.506. The molecule has 0 bridgehead atoms. The second kappa shape index (κ2) is 6.49. The van der Waals surface area contributed by atoms with Crippen LogP contribution in [0.5, 0.6) is 0 Å². The summed E-state index contributed by atoms with van der Waals surface area (Å²) in [5.41, 5.74) is 6.42. The van der Waals surface area contributed by atoms with E-state index < -0.39 is 11.6 Å². The van der Waals surface area contributed by atoms with Gasteiger partial charge >= 0.3 is 0 Å². The van der Waals surface area contributed by atoms with E-state index in [0.717, 1.165) is 10.0 Å². The Bertz CT molecular complexity index is 674. The summed E-state index contributed by atoms with van der Waals surface area (Å²) in [6.07, 6.45) is 0. The first-order chi connectivity index (χ1) is 9.90. The maximum atomic E-state index is 14.1. The molecular formula is C15H13BrF2N2S. The van der Waals surface area contributed by atoms with Crippen molar-refractivity contribution in [2.75, 3.05) is 11.9 Å². The van der Waals surface area contributed by atoms with E-state index in [-0.39, 0.29) is 16.2 Å². The smallest absolute Gasteiger partial charge is 0.182 e. The lowest BCUT2D eigenvalue weighted by atomic mass is 10.1. The van der Waals surface area contributed by atoms with Crippen LogP contribution in [0.4, 0.5) is 14.5 Å². The Labute approximate surface area is 135 Å². The summed E-state index contributed by atoms with van der Waals surface area (Å²) in [7, 11) is 1.69. The molecule has 0 aromatic heterocycles. The highest BCUT2D eigenvalue weighted by Gasteiger charge is 2.17. The van der Waals surface area contributed by atoms with E-state index in [2.05, 4.69) is 28.1 Å². The minimum atomic E-state index is -1.01. The molecule has 2 aromatic carbocycles. The van der Waals surface area contributed by atoms with Gasteiger partial charge in [-0.3, -0.25) is 0 Å². The summed E-state index contributed by atoms with van der Waals surface area (Å²) in [5.74, 6) is -1.96. The van der Waals surface area contributed by atoms with E-state index >= 15 is 0 Å². The lowest BCUT2D eigenvalue weighted by Crippen LogP contribution is -2.20. The molecule has 21 heavy (non-hydrogen) atoms. The van der Waals surface area contributed by atoms with Gasteiger partial charge in [0.25, 0.3) is 0 Å². The Morgan fingerprint density at radius 2 is 1.76 bits per heavy atom. The number of benzene rings is 2. The van der Waals surface area contributed by atoms with Crippen LogP contribution < -0.4 is 10.6 Å². The second-order valence-corrected chi connectivity index (χ2v) is 5.96. The quantitative estimate of drug-likeness (QED) is 0.824. The molecule has 0 saturated heterocycles. The van der Waals surface area contributed by atoms with E-state index in [4.69, 9.17) is 5.73 Å². The Morgan fingerprint density at radius 3 is 2.33 bits per heavy atom. The van der Waals surface area contributed by atoms with Crippen LogP contribution in [-0.2, 0) is 6.54 Å². The Balaban J connectivity index is 2.27. The predicted molar refractivity (Wildman–Crippen MR) is 88.5 cm³/mol. The monoisotopic (exact) mass is 370 g/mol. The highest BCUT2D eigenvalue weighted by Crippen LogP contribution is 2.25. The minimum Gasteiger partial charge on any atom is -0.389 e. The molecule has 0 aliphatic rings. The molecule has 110 valence electrons. The summed E-state index contributed by atoms with van der Waals surface area (Å²) in [6, 6.07) is 10.5. The van der Waals surface area contributed by atoms with Crippen molar-refractivity contribution in [2.24, 2.45) is 5.73 Å². The first-order valence-corrected chi connectivity index (χ1v) is 7.33. The molecule has 2 N–H and O–H groups in total. The highest BCUT2D eigenvalue weighted by atomic mass is 79.9. The van der Waals surface area contributed by atoms with Gasteiger partial charge in [-0.05, 0) is 29.8 Å². The molecule has 2 aromatic rings. The zero-order valence-corrected chi connectivity index (χ0v) is 13.6. The van der Waals surface area contributed by atoms with Gasteiger partial charge in [0, 0.05) is 23.6 Å². The average Bonchev–Trinajstić information content (AvgIpc) is 2.43. The molecule has 2 nitrogen and oxygen atoms in total. The molecule has 0 heterocycles. The van der Waals surface area contributed by atoms with Gasteiger partial charge in [-0.1, -0.05) is 40.3 Å². The zero-order valence-electron chi connectivity index (χ0n) is 11.2. The van der Waals surface area contributed by atoms with Crippen LogP contribution >= 0.6 is 28.1 Å². The first kappa shape index (κ1) is 15.9. The fourth-order valence-electron chi connectivity index (χ4n) is 1.97. The van der Waals surface area contributed by atoms with E-state index in [1.54, 1.807) is 11.9 Å². The largest absolute Gasteiger partial charge is 0.389 e. The number of rotatable bonds is 4. The third-order valence-electron chi connectivity index (χ3n) is 3.07. The average molecular weight is 371 g/mol. The molecule has 2 rings (SSSR count). The number of nitrogens with zero attached hydrogens (tertiary/aromatic N) is 1. The first-order valence-electron chi connectivity index (χ1n) is 6.13. The maximum absolute atomic E-state index is 14.1. The van der Waals surface area contributed by atoms with Crippen LogP contribution in [0, 0.1) is 11.6 Å². The SMILES string of the molecule is CN(Cc1ccc(Br)cc1)c1ccc(C(N)=S)c(F)c1F. The van der Waals surface area contributed by atoms with Crippen molar-refractivity contribution < 1.29 is 8.78 Å². The van der Waals surface area contributed by atoms with Crippen molar-refractivity contribution in [3.63, 3.8) is 0 Å². The summed E-state index contributed by atoms with van der Waals surface area (Å²) >= 11 is 8.04. The number of halogens is 3. The van der Waals surface area contributed by atoms with Gasteiger partial charge in [0.05, 0.1) is 5.69 Å². The van der Waals surface area contributed by atoms with E-state index in [0.29, 0.717) is 6.54 Å². The third kappa shape index (κ3) is 3.57. The summed E-state index contributed by atoms with van der Waals surface area (Å²) in [6.45, 7) is 0.454. The van der Waals surface area contributed by atoms with Crippen molar-refractivity contribution in [3.8, 4) is 0 Å². The van der Waals surface area contributed by atoms with E-state index in [9.17, 15) is 8.78 Å². The van der Waals surface area contributed by atoms with Gasteiger partial charge < -0.3 is 10.6 Å². The van der Waals surface area contributed by atoms with Gasteiger partial charge in [0.15, 0.2) is 11.6 Å². The van der Waals surface area contributed by atoms with E-state index in [1.807, 2.05) is 24.3 Å². The summed E-state index contributed by atoms with van der Waals surface area (Å²) < 4.78 is 29.0.